The molecule has 0 atom stereocenters. The topological polar surface area (TPSA) is 55.6 Å². The Morgan fingerprint density at radius 3 is 2.70 bits per heavy atom. The first-order valence-corrected chi connectivity index (χ1v) is 6.56. The number of rotatable bonds is 1. The Hall–Kier alpha value is -2.49. The van der Waals surface area contributed by atoms with Crippen LogP contribution in [-0.2, 0) is 0 Å². The second-order valence-corrected chi connectivity index (χ2v) is 4.90. The molecule has 102 valence electrons. The first-order valence-electron chi connectivity index (χ1n) is 6.56. The molecule has 4 heteroatoms. The lowest BCUT2D eigenvalue weighted by Crippen LogP contribution is -2.38. The number of carbonyl (C=O) groups is 1. The Kier molecular flexibility index (Phi) is 3.06. The van der Waals surface area contributed by atoms with E-state index in [1.165, 1.54) is 0 Å². The van der Waals surface area contributed by atoms with Crippen LogP contribution >= 0.6 is 0 Å². The van der Waals surface area contributed by atoms with E-state index >= 15 is 0 Å². The number of nitrogens with two attached hydrogens (primary N) is 1. The molecule has 1 aliphatic heterocycles. The predicted octanol–water partition coefficient (Wildman–Crippen LogP) is 2.62. The van der Waals surface area contributed by atoms with Crippen LogP contribution in [0.4, 0.5) is 11.4 Å². The maximum Gasteiger partial charge on any atom is 0.258 e. The summed E-state index contributed by atoms with van der Waals surface area (Å²) in [5.41, 5.74) is 8.97. The number of carbonyl (C=O) groups excluding carboxylic acids is 1. The fourth-order valence-corrected chi connectivity index (χ4v) is 2.30. The summed E-state index contributed by atoms with van der Waals surface area (Å²) in [6, 6.07) is 12.9. The molecule has 3 rings (SSSR count). The molecule has 2 aromatic carbocycles. The van der Waals surface area contributed by atoms with Gasteiger partial charge in [0.15, 0.2) is 0 Å². The van der Waals surface area contributed by atoms with Gasteiger partial charge in [0.2, 0.25) is 0 Å². The molecule has 0 unspecified atom stereocenters. The molecule has 0 aliphatic carbocycles. The number of aryl methyl sites for hydroxylation is 1. The quantitative estimate of drug-likeness (QED) is 0.809. The average molecular weight is 268 g/mol. The van der Waals surface area contributed by atoms with Gasteiger partial charge in [0.05, 0.1) is 12.2 Å². The Morgan fingerprint density at radius 1 is 1.20 bits per heavy atom. The third-order valence-electron chi connectivity index (χ3n) is 3.39. The zero-order chi connectivity index (χ0) is 14.1. The number of amides is 1. The molecule has 0 radical (unpaired) electrons. The van der Waals surface area contributed by atoms with Crippen molar-refractivity contribution < 1.29 is 9.53 Å². The summed E-state index contributed by atoms with van der Waals surface area (Å²) in [6.45, 7) is 3.02. The summed E-state index contributed by atoms with van der Waals surface area (Å²) in [5, 5.41) is 0. The molecule has 0 fully saturated rings. The number of hydrogen-bond acceptors (Lipinski definition) is 3. The highest BCUT2D eigenvalue weighted by Crippen LogP contribution is 2.34. The molecule has 0 bridgehead atoms. The van der Waals surface area contributed by atoms with Crippen molar-refractivity contribution in [3.8, 4) is 5.75 Å². The Morgan fingerprint density at radius 2 is 1.95 bits per heavy atom. The lowest BCUT2D eigenvalue weighted by atomic mass is 10.1. The number of hydrogen-bond donors (Lipinski definition) is 1. The van der Waals surface area contributed by atoms with E-state index in [0.717, 1.165) is 11.3 Å². The normalized spacial score (nSPS) is 13.6. The Bertz CT molecular complexity index is 650. The molecule has 0 aromatic heterocycles. The standard InChI is InChI=1S/C16H16N2O2/c1-11-2-4-12(5-3-11)16(19)18-8-9-20-15-7-6-13(17)10-14(15)18/h2-7,10H,8-9,17H2,1H3. The molecular weight excluding hydrogens is 252 g/mol. The first-order chi connectivity index (χ1) is 9.65. The maximum absolute atomic E-state index is 12.6. The summed E-state index contributed by atoms with van der Waals surface area (Å²) in [5.74, 6) is 0.672. The number of nitrogens with zero attached hydrogens (tertiary/aromatic N) is 1. The average Bonchev–Trinajstić information content (AvgIpc) is 2.46. The Labute approximate surface area is 117 Å². The van der Waals surface area contributed by atoms with Crippen molar-refractivity contribution in [1.82, 2.24) is 0 Å². The highest BCUT2D eigenvalue weighted by atomic mass is 16.5. The third kappa shape index (κ3) is 2.20. The molecule has 2 N–H and O–H groups in total. The van der Waals surface area contributed by atoms with Gasteiger partial charge >= 0.3 is 0 Å². The van der Waals surface area contributed by atoms with E-state index in [-0.39, 0.29) is 5.91 Å². The first kappa shape index (κ1) is 12.5. The van der Waals surface area contributed by atoms with Crippen LogP contribution in [0.25, 0.3) is 0 Å². The lowest BCUT2D eigenvalue weighted by Gasteiger charge is -2.29. The van der Waals surface area contributed by atoms with Crippen LogP contribution in [0.5, 0.6) is 5.75 Å². The number of ether oxygens (including phenoxy) is 1. The van der Waals surface area contributed by atoms with Gasteiger partial charge in [0, 0.05) is 11.3 Å². The van der Waals surface area contributed by atoms with Gasteiger partial charge in [-0.15, -0.1) is 0 Å². The van der Waals surface area contributed by atoms with E-state index < -0.39 is 0 Å². The minimum atomic E-state index is -0.0276. The van der Waals surface area contributed by atoms with E-state index in [1.54, 1.807) is 23.1 Å². The summed E-state index contributed by atoms with van der Waals surface area (Å²) in [4.78, 5) is 14.3. The van der Waals surface area contributed by atoms with E-state index in [9.17, 15) is 4.79 Å². The highest BCUT2D eigenvalue weighted by molar-refractivity contribution is 6.07. The minimum Gasteiger partial charge on any atom is -0.490 e. The third-order valence-corrected chi connectivity index (χ3v) is 3.39. The second kappa shape index (κ2) is 4.89. The zero-order valence-electron chi connectivity index (χ0n) is 11.3. The zero-order valence-corrected chi connectivity index (χ0v) is 11.3. The SMILES string of the molecule is Cc1ccc(C(=O)N2CCOc3ccc(N)cc32)cc1. The van der Waals surface area contributed by atoms with Crippen LogP contribution < -0.4 is 15.4 Å². The molecule has 1 amide bonds. The van der Waals surface area contributed by atoms with E-state index in [4.69, 9.17) is 10.5 Å². The lowest BCUT2D eigenvalue weighted by molar-refractivity contribution is 0.0976. The molecule has 0 spiro atoms. The van der Waals surface area contributed by atoms with Gasteiger partial charge in [-0.1, -0.05) is 17.7 Å². The number of anilines is 2. The molecule has 0 saturated heterocycles. The van der Waals surface area contributed by atoms with Crippen LogP contribution in [0, 0.1) is 6.92 Å². The van der Waals surface area contributed by atoms with Gasteiger partial charge in [0.1, 0.15) is 12.4 Å². The molecule has 20 heavy (non-hydrogen) atoms. The molecule has 1 heterocycles. The summed E-state index contributed by atoms with van der Waals surface area (Å²) >= 11 is 0. The predicted molar refractivity (Wildman–Crippen MR) is 79.2 cm³/mol. The van der Waals surface area contributed by atoms with Crippen molar-refractivity contribution in [1.29, 1.82) is 0 Å². The molecule has 4 nitrogen and oxygen atoms in total. The fraction of sp³-hybridized carbons (Fsp3) is 0.188. The second-order valence-electron chi connectivity index (χ2n) is 4.90. The van der Waals surface area contributed by atoms with E-state index in [2.05, 4.69) is 0 Å². The van der Waals surface area contributed by atoms with Gasteiger partial charge in [-0.05, 0) is 37.3 Å². The summed E-state index contributed by atoms with van der Waals surface area (Å²) < 4.78 is 5.56. The maximum atomic E-state index is 12.6. The van der Waals surface area contributed by atoms with Crippen molar-refractivity contribution in [2.45, 2.75) is 6.92 Å². The largest absolute Gasteiger partial charge is 0.490 e. The number of benzene rings is 2. The van der Waals surface area contributed by atoms with Crippen molar-refractivity contribution in [2.24, 2.45) is 0 Å². The fourth-order valence-electron chi connectivity index (χ4n) is 2.30. The molecule has 2 aromatic rings. The smallest absolute Gasteiger partial charge is 0.258 e. The molecule has 0 saturated carbocycles. The van der Waals surface area contributed by atoms with Gasteiger partial charge in [-0.25, -0.2) is 0 Å². The van der Waals surface area contributed by atoms with Gasteiger partial charge < -0.3 is 15.4 Å². The van der Waals surface area contributed by atoms with Crippen LogP contribution in [-0.4, -0.2) is 19.1 Å². The number of nitrogen functional groups attached to an aromatic ring is 1. The van der Waals surface area contributed by atoms with Crippen molar-refractivity contribution in [3.63, 3.8) is 0 Å². The van der Waals surface area contributed by atoms with Crippen LogP contribution in [0.15, 0.2) is 42.5 Å². The van der Waals surface area contributed by atoms with Gasteiger partial charge in [-0.3, -0.25) is 4.79 Å². The van der Waals surface area contributed by atoms with Crippen LogP contribution in [0.2, 0.25) is 0 Å². The van der Waals surface area contributed by atoms with E-state index in [0.29, 0.717) is 30.2 Å². The monoisotopic (exact) mass is 268 g/mol. The van der Waals surface area contributed by atoms with Crippen molar-refractivity contribution in [3.05, 3.63) is 53.6 Å². The molecular formula is C16H16N2O2. The van der Waals surface area contributed by atoms with Crippen LogP contribution in [0.1, 0.15) is 15.9 Å². The van der Waals surface area contributed by atoms with E-state index in [1.807, 2.05) is 31.2 Å². The molecule has 1 aliphatic rings. The van der Waals surface area contributed by atoms with Gasteiger partial charge in [0.25, 0.3) is 5.91 Å². The summed E-state index contributed by atoms with van der Waals surface area (Å²) in [6.07, 6.45) is 0. The van der Waals surface area contributed by atoms with Crippen molar-refractivity contribution >= 4 is 17.3 Å². The minimum absolute atomic E-state index is 0.0276. The summed E-state index contributed by atoms with van der Waals surface area (Å²) in [7, 11) is 0. The van der Waals surface area contributed by atoms with Gasteiger partial charge in [-0.2, -0.15) is 0 Å². The van der Waals surface area contributed by atoms with Crippen molar-refractivity contribution in [2.75, 3.05) is 23.8 Å². The Balaban J connectivity index is 1.97. The highest BCUT2D eigenvalue weighted by Gasteiger charge is 2.24. The van der Waals surface area contributed by atoms with Crippen LogP contribution in [0.3, 0.4) is 0 Å². The number of fused-ring (bicyclic) bond motifs is 1.